The molecule has 0 saturated carbocycles. The molecule has 2 aliphatic rings. The summed E-state index contributed by atoms with van der Waals surface area (Å²) in [5.74, 6) is 1.41. The van der Waals surface area contributed by atoms with E-state index in [2.05, 4.69) is 6.92 Å². The monoisotopic (exact) mass is 425 g/mol. The number of nitrogens with two attached hydrogens (primary N) is 1. The van der Waals surface area contributed by atoms with Crippen LogP contribution in [0.15, 0.2) is 16.3 Å². The summed E-state index contributed by atoms with van der Waals surface area (Å²) in [4.78, 5) is 15.1. The number of thiophene rings is 1. The van der Waals surface area contributed by atoms with Crippen LogP contribution in [0, 0.1) is 5.41 Å². The molecule has 0 spiro atoms. The Balaban J connectivity index is 0.00000225. The first-order valence-electron chi connectivity index (χ1n) is 8.02. The lowest BCUT2D eigenvalue weighted by atomic mass is 9.90. The third-order valence-electron chi connectivity index (χ3n) is 4.75. The number of hydrogen-bond acceptors (Lipinski definition) is 6. The zero-order chi connectivity index (χ0) is 17.4. The van der Waals surface area contributed by atoms with Gasteiger partial charge in [0.05, 0.1) is 0 Å². The lowest BCUT2D eigenvalue weighted by molar-refractivity contribution is 0.0778. The first-order chi connectivity index (χ1) is 11.4. The maximum atomic E-state index is 12.9. The molecule has 2 fully saturated rings. The Kier molecular flexibility index (Phi) is 6.83. The highest BCUT2D eigenvalue weighted by molar-refractivity contribution is 7.99. The second-order valence-corrected chi connectivity index (χ2v) is 10.7. The minimum Gasteiger partial charge on any atom is -0.337 e. The van der Waals surface area contributed by atoms with E-state index in [0.29, 0.717) is 37.6 Å². The Hall–Kier alpha value is -0.320. The summed E-state index contributed by atoms with van der Waals surface area (Å²) < 4.78 is 27.3. The summed E-state index contributed by atoms with van der Waals surface area (Å²) >= 11 is 2.96. The van der Waals surface area contributed by atoms with Gasteiger partial charge < -0.3 is 10.6 Å². The van der Waals surface area contributed by atoms with Crippen molar-refractivity contribution in [1.82, 2.24) is 9.21 Å². The number of likely N-dealkylation sites (tertiary alicyclic amines) is 1. The van der Waals surface area contributed by atoms with E-state index in [1.807, 2.05) is 0 Å². The van der Waals surface area contributed by atoms with Crippen LogP contribution in [-0.2, 0) is 10.0 Å². The highest BCUT2D eigenvalue weighted by Gasteiger charge is 2.38. The van der Waals surface area contributed by atoms with Crippen LogP contribution in [0.1, 0.15) is 23.0 Å². The van der Waals surface area contributed by atoms with Crippen molar-refractivity contribution in [2.24, 2.45) is 11.1 Å². The minimum absolute atomic E-state index is 0. The summed E-state index contributed by atoms with van der Waals surface area (Å²) in [6.07, 6.45) is 0.853. The molecule has 1 amide bonds. The van der Waals surface area contributed by atoms with Gasteiger partial charge in [-0.3, -0.25) is 4.79 Å². The fraction of sp³-hybridized carbons (Fsp3) is 0.667. The van der Waals surface area contributed by atoms with Crippen molar-refractivity contribution < 1.29 is 13.2 Å². The standard InChI is InChI=1S/C15H23N3O3S3.ClH/c1-15(10-16)3-4-17(11-15)14(19)13-12(2-7-23-13)24(20,21)18-5-8-22-9-6-18;/h2,7H,3-6,8-11,16H2,1H3;1H. The number of carbonyl (C=O) groups is 1. The van der Waals surface area contributed by atoms with Crippen molar-refractivity contribution in [1.29, 1.82) is 0 Å². The Morgan fingerprint density at radius 3 is 2.60 bits per heavy atom. The van der Waals surface area contributed by atoms with Gasteiger partial charge in [0.1, 0.15) is 9.77 Å². The van der Waals surface area contributed by atoms with Crippen molar-refractivity contribution >= 4 is 51.4 Å². The van der Waals surface area contributed by atoms with E-state index in [9.17, 15) is 13.2 Å². The van der Waals surface area contributed by atoms with Gasteiger partial charge in [-0.25, -0.2) is 8.42 Å². The molecule has 3 rings (SSSR count). The molecular weight excluding hydrogens is 402 g/mol. The summed E-state index contributed by atoms with van der Waals surface area (Å²) in [6.45, 7) is 4.82. The quantitative estimate of drug-likeness (QED) is 0.793. The maximum Gasteiger partial charge on any atom is 0.265 e. The number of thioether (sulfide) groups is 1. The van der Waals surface area contributed by atoms with Crippen LogP contribution in [0.25, 0.3) is 0 Å². The minimum atomic E-state index is -3.60. The molecule has 3 heterocycles. The molecule has 6 nitrogen and oxygen atoms in total. The van der Waals surface area contributed by atoms with Crippen LogP contribution in [0.4, 0.5) is 0 Å². The van der Waals surface area contributed by atoms with Crippen molar-refractivity contribution in [3.8, 4) is 0 Å². The van der Waals surface area contributed by atoms with Gasteiger partial charge in [-0.1, -0.05) is 6.92 Å². The van der Waals surface area contributed by atoms with E-state index in [0.717, 1.165) is 17.9 Å². The zero-order valence-electron chi connectivity index (χ0n) is 14.1. The van der Waals surface area contributed by atoms with E-state index in [-0.39, 0.29) is 28.6 Å². The lowest BCUT2D eigenvalue weighted by Gasteiger charge is -2.26. The number of hydrogen-bond donors (Lipinski definition) is 1. The SMILES string of the molecule is CC1(CN)CCN(C(=O)c2sccc2S(=O)(=O)N2CCSCC2)C1.Cl. The van der Waals surface area contributed by atoms with E-state index in [4.69, 9.17) is 5.73 Å². The van der Waals surface area contributed by atoms with Crippen LogP contribution in [0.5, 0.6) is 0 Å². The number of carbonyl (C=O) groups excluding carboxylic acids is 1. The van der Waals surface area contributed by atoms with Crippen LogP contribution >= 0.6 is 35.5 Å². The van der Waals surface area contributed by atoms with Gasteiger partial charge in [0, 0.05) is 37.7 Å². The lowest BCUT2D eigenvalue weighted by Crippen LogP contribution is -2.39. The number of sulfonamides is 1. The average Bonchev–Trinajstić information content (AvgIpc) is 3.23. The van der Waals surface area contributed by atoms with Crippen molar-refractivity contribution in [2.45, 2.75) is 18.2 Å². The molecule has 10 heteroatoms. The van der Waals surface area contributed by atoms with Crippen LogP contribution < -0.4 is 5.73 Å². The zero-order valence-corrected chi connectivity index (χ0v) is 17.4. The second-order valence-electron chi connectivity index (χ2n) is 6.62. The van der Waals surface area contributed by atoms with Gasteiger partial charge in [-0.2, -0.15) is 16.1 Å². The Morgan fingerprint density at radius 2 is 2.00 bits per heavy atom. The van der Waals surface area contributed by atoms with Gasteiger partial charge in [0.15, 0.2) is 0 Å². The van der Waals surface area contributed by atoms with Crippen LogP contribution in [-0.4, -0.2) is 67.8 Å². The van der Waals surface area contributed by atoms with Crippen molar-refractivity contribution in [3.63, 3.8) is 0 Å². The summed E-state index contributed by atoms with van der Waals surface area (Å²) in [5.41, 5.74) is 5.73. The van der Waals surface area contributed by atoms with Crippen LogP contribution in [0.2, 0.25) is 0 Å². The molecular formula is C15H24ClN3O3S3. The Bertz CT molecular complexity index is 719. The molecule has 0 radical (unpaired) electrons. The topological polar surface area (TPSA) is 83.7 Å². The molecule has 25 heavy (non-hydrogen) atoms. The number of nitrogens with zero attached hydrogens (tertiary/aromatic N) is 2. The molecule has 2 aliphatic heterocycles. The maximum absolute atomic E-state index is 12.9. The van der Waals surface area contributed by atoms with Gasteiger partial charge in [0.2, 0.25) is 10.0 Å². The van der Waals surface area contributed by atoms with Crippen molar-refractivity contribution in [2.75, 3.05) is 44.2 Å². The normalized spacial score (nSPS) is 25.0. The van der Waals surface area contributed by atoms with E-state index < -0.39 is 10.0 Å². The first-order valence-corrected chi connectivity index (χ1v) is 11.5. The van der Waals surface area contributed by atoms with Crippen molar-refractivity contribution in [3.05, 3.63) is 16.3 Å². The third kappa shape index (κ3) is 4.17. The molecule has 1 aromatic heterocycles. The Morgan fingerprint density at radius 1 is 1.32 bits per heavy atom. The van der Waals surface area contributed by atoms with E-state index in [1.165, 1.54) is 15.6 Å². The molecule has 0 aromatic carbocycles. The summed E-state index contributed by atoms with van der Waals surface area (Å²) in [6, 6.07) is 1.56. The highest BCUT2D eigenvalue weighted by Crippen LogP contribution is 2.33. The molecule has 1 aromatic rings. The fourth-order valence-corrected chi connectivity index (χ4v) is 7.03. The third-order valence-corrected chi connectivity index (χ3v) is 8.66. The van der Waals surface area contributed by atoms with E-state index in [1.54, 1.807) is 28.1 Å². The predicted molar refractivity (Wildman–Crippen MR) is 105 cm³/mol. The number of halogens is 1. The Labute approximate surface area is 163 Å². The van der Waals surface area contributed by atoms with Gasteiger partial charge >= 0.3 is 0 Å². The smallest absolute Gasteiger partial charge is 0.265 e. The van der Waals surface area contributed by atoms with Crippen LogP contribution in [0.3, 0.4) is 0 Å². The first kappa shape index (κ1) is 21.0. The molecule has 2 N–H and O–H groups in total. The fourth-order valence-electron chi connectivity index (χ4n) is 3.09. The van der Waals surface area contributed by atoms with Gasteiger partial charge in [0.25, 0.3) is 5.91 Å². The molecule has 1 atom stereocenters. The van der Waals surface area contributed by atoms with E-state index >= 15 is 0 Å². The summed E-state index contributed by atoms with van der Waals surface area (Å²) in [7, 11) is -3.60. The molecule has 0 bridgehead atoms. The molecule has 142 valence electrons. The molecule has 0 aliphatic carbocycles. The molecule has 2 saturated heterocycles. The van der Waals surface area contributed by atoms with Gasteiger partial charge in [-0.05, 0) is 29.8 Å². The predicted octanol–water partition coefficient (Wildman–Crippen LogP) is 1.72. The molecule has 1 unspecified atom stereocenters. The second kappa shape index (κ2) is 8.14. The largest absolute Gasteiger partial charge is 0.337 e. The number of rotatable bonds is 4. The van der Waals surface area contributed by atoms with Gasteiger partial charge in [-0.15, -0.1) is 23.7 Å². The average molecular weight is 426 g/mol. The highest BCUT2D eigenvalue weighted by atomic mass is 35.5. The number of amides is 1. The summed E-state index contributed by atoms with van der Waals surface area (Å²) in [5, 5.41) is 1.69.